The summed E-state index contributed by atoms with van der Waals surface area (Å²) in [6.45, 7) is 0.162. The van der Waals surface area contributed by atoms with Crippen molar-refractivity contribution in [1.82, 2.24) is 9.29 Å². The standard InChI is InChI=1S/C14H14ClFN2O2S/c1-18(7-6-11-4-2-3-5-14(11)16)21(19,20)13-8-12(15)9-17-10-13/h2-5,8-10H,6-7H2,1H3. The van der Waals surface area contributed by atoms with Crippen molar-refractivity contribution >= 4 is 21.6 Å². The molecule has 0 fully saturated rings. The second-order valence-electron chi connectivity index (χ2n) is 4.51. The van der Waals surface area contributed by atoms with Crippen LogP contribution in [-0.4, -0.2) is 31.3 Å². The number of sulfonamides is 1. The number of pyridine rings is 1. The Kier molecular flexibility index (Phi) is 4.92. The van der Waals surface area contributed by atoms with E-state index in [4.69, 9.17) is 11.6 Å². The van der Waals surface area contributed by atoms with Crippen LogP contribution < -0.4 is 0 Å². The van der Waals surface area contributed by atoms with Gasteiger partial charge in [-0.25, -0.2) is 17.1 Å². The number of hydrogen-bond donors (Lipinski definition) is 0. The Morgan fingerprint density at radius 2 is 2.00 bits per heavy atom. The molecule has 2 rings (SSSR count). The average Bonchev–Trinajstić information content (AvgIpc) is 2.46. The van der Waals surface area contributed by atoms with E-state index < -0.39 is 10.0 Å². The van der Waals surface area contributed by atoms with E-state index >= 15 is 0 Å². The summed E-state index contributed by atoms with van der Waals surface area (Å²) in [5, 5.41) is 0.249. The van der Waals surface area contributed by atoms with Gasteiger partial charge in [-0.2, -0.15) is 0 Å². The molecule has 1 heterocycles. The SMILES string of the molecule is CN(CCc1ccccc1F)S(=O)(=O)c1cncc(Cl)c1. The molecule has 1 aromatic heterocycles. The molecule has 0 atom stereocenters. The summed E-state index contributed by atoms with van der Waals surface area (Å²) in [6, 6.07) is 7.63. The van der Waals surface area contributed by atoms with Crippen LogP contribution in [0.3, 0.4) is 0 Å². The first-order valence-corrected chi connectivity index (χ1v) is 8.03. The molecule has 112 valence electrons. The molecule has 0 bridgehead atoms. The summed E-state index contributed by atoms with van der Waals surface area (Å²) >= 11 is 5.75. The maximum Gasteiger partial charge on any atom is 0.244 e. The zero-order chi connectivity index (χ0) is 15.5. The first-order chi connectivity index (χ1) is 9.91. The van der Waals surface area contributed by atoms with Gasteiger partial charge in [0, 0.05) is 26.0 Å². The van der Waals surface area contributed by atoms with Gasteiger partial charge in [-0.05, 0) is 24.1 Å². The second kappa shape index (κ2) is 6.51. The van der Waals surface area contributed by atoms with Crippen LogP contribution in [0.5, 0.6) is 0 Å². The van der Waals surface area contributed by atoms with Crippen LogP contribution in [0.15, 0.2) is 47.6 Å². The van der Waals surface area contributed by atoms with Gasteiger partial charge < -0.3 is 0 Å². The van der Waals surface area contributed by atoms with Crippen molar-refractivity contribution in [1.29, 1.82) is 0 Å². The predicted molar refractivity (Wildman–Crippen MR) is 79.2 cm³/mol. The summed E-state index contributed by atoms with van der Waals surface area (Å²) in [5.74, 6) is -0.340. The minimum atomic E-state index is -3.68. The van der Waals surface area contributed by atoms with Gasteiger partial charge in [0.1, 0.15) is 10.7 Å². The molecule has 4 nitrogen and oxygen atoms in total. The Labute approximate surface area is 128 Å². The summed E-state index contributed by atoms with van der Waals surface area (Å²) in [5.41, 5.74) is 0.476. The Hall–Kier alpha value is -1.50. The van der Waals surface area contributed by atoms with Crippen molar-refractivity contribution < 1.29 is 12.8 Å². The molecule has 0 amide bonds. The first-order valence-electron chi connectivity index (χ1n) is 6.21. The molecular formula is C14H14ClFN2O2S. The van der Waals surface area contributed by atoms with Gasteiger partial charge in [0.15, 0.2) is 0 Å². The third kappa shape index (κ3) is 3.78. The highest BCUT2D eigenvalue weighted by Gasteiger charge is 2.21. The predicted octanol–water partition coefficient (Wildman–Crippen LogP) is 2.74. The number of hydrogen-bond acceptors (Lipinski definition) is 3. The normalized spacial score (nSPS) is 11.8. The van der Waals surface area contributed by atoms with Crippen LogP contribution in [0.1, 0.15) is 5.56 Å². The monoisotopic (exact) mass is 328 g/mol. The van der Waals surface area contributed by atoms with E-state index in [9.17, 15) is 12.8 Å². The zero-order valence-corrected chi connectivity index (χ0v) is 12.9. The smallest absolute Gasteiger partial charge is 0.244 e. The molecule has 0 unspecified atom stereocenters. The molecule has 21 heavy (non-hydrogen) atoms. The van der Waals surface area contributed by atoms with E-state index in [1.54, 1.807) is 18.2 Å². The van der Waals surface area contributed by atoms with Gasteiger partial charge in [0.05, 0.1) is 5.02 Å². The van der Waals surface area contributed by atoms with Gasteiger partial charge in [-0.15, -0.1) is 0 Å². The van der Waals surface area contributed by atoms with E-state index in [0.717, 1.165) is 4.31 Å². The maximum absolute atomic E-state index is 13.5. The van der Waals surface area contributed by atoms with Crippen molar-refractivity contribution in [2.45, 2.75) is 11.3 Å². The lowest BCUT2D eigenvalue weighted by Gasteiger charge is -2.17. The van der Waals surface area contributed by atoms with E-state index in [0.29, 0.717) is 5.56 Å². The summed E-state index contributed by atoms with van der Waals surface area (Å²) in [7, 11) is -2.24. The Balaban J connectivity index is 2.13. The molecule has 2 aromatic rings. The first kappa shape index (κ1) is 15.9. The Morgan fingerprint density at radius 3 is 2.67 bits per heavy atom. The zero-order valence-electron chi connectivity index (χ0n) is 11.3. The lowest BCUT2D eigenvalue weighted by atomic mass is 10.1. The minimum Gasteiger partial charge on any atom is -0.262 e. The van der Waals surface area contributed by atoms with Crippen LogP contribution in [0.2, 0.25) is 5.02 Å². The number of benzene rings is 1. The molecule has 0 saturated heterocycles. The van der Waals surface area contributed by atoms with Crippen LogP contribution in [-0.2, 0) is 16.4 Å². The Bertz CT molecular complexity index is 737. The van der Waals surface area contributed by atoms with E-state index in [1.165, 1.54) is 31.6 Å². The van der Waals surface area contributed by atoms with Crippen LogP contribution in [0, 0.1) is 5.82 Å². The number of likely N-dealkylation sites (N-methyl/N-ethyl adjacent to an activating group) is 1. The highest BCUT2D eigenvalue weighted by molar-refractivity contribution is 7.89. The summed E-state index contributed by atoms with van der Waals surface area (Å²) in [6.07, 6.45) is 2.89. The van der Waals surface area contributed by atoms with Gasteiger partial charge in [0.2, 0.25) is 10.0 Å². The molecule has 0 radical (unpaired) electrons. The lowest BCUT2D eigenvalue weighted by molar-refractivity contribution is 0.468. The van der Waals surface area contributed by atoms with Crippen molar-refractivity contribution in [3.8, 4) is 0 Å². The Morgan fingerprint density at radius 1 is 1.29 bits per heavy atom. The number of nitrogens with zero attached hydrogens (tertiary/aromatic N) is 2. The van der Waals surface area contributed by atoms with Crippen molar-refractivity contribution in [2.75, 3.05) is 13.6 Å². The molecule has 0 aliphatic carbocycles. The maximum atomic E-state index is 13.5. The fourth-order valence-corrected chi connectivity index (χ4v) is 3.21. The van der Waals surface area contributed by atoms with E-state index in [-0.39, 0.29) is 28.7 Å². The summed E-state index contributed by atoms with van der Waals surface area (Å²) < 4.78 is 39.3. The molecule has 7 heteroatoms. The molecule has 1 aromatic carbocycles. The topological polar surface area (TPSA) is 50.3 Å². The lowest BCUT2D eigenvalue weighted by Crippen LogP contribution is -2.29. The highest BCUT2D eigenvalue weighted by atomic mass is 35.5. The van der Waals surface area contributed by atoms with Crippen LogP contribution in [0.4, 0.5) is 4.39 Å². The molecule has 0 aliphatic heterocycles. The van der Waals surface area contributed by atoms with Crippen LogP contribution in [0.25, 0.3) is 0 Å². The number of rotatable bonds is 5. The molecular weight excluding hydrogens is 315 g/mol. The fourth-order valence-electron chi connectivity index (χ4n) is 1.81. The average molecular weight is 329 g/mol. The third-order valence-corrected chi connectivity index (χ3v) is 5.07. The molecule has 0 saturated carbocycles. The minimum absolute atomic E-state index is 0.0195. The molecule has 0 spiro atoms. The van der Waals surface area contributed by atoms with Gasteiger partial charge in [-0.3, -0.25) is 4.98 Å². The summed E-state index contributed by atoms with van der Waals surface area (Å²) in [4.78, 5) is 3.79. The van der Waals surface area contributed by atoms with Gasteiger partial charge >= 0.3 is 0 Å². The largest absolute Gasteiger partial charge is 0.262 e. The van der Waals surface area contributed by atoms with Crippen molar-refractivity contribution in [2.24, 2.45) is 0 Å². The third-order valence-electron chi connectivity index (χ3n) is 3.04. The van der Waals surface area contributed by atoms with Crippen molar-refractivity contribution in [3.63, 3.8) is 0 Å². The quantitative estimate of drug-likeness (QED) is 0.848. The fraction of sp³-hybridized carbons (Fsp3) is 0.214. The molecule has 0 N–H and O–H groups in total. The van der Waals surface area contributed by atoms with E-state index in [2.05, 4.69) is 4.98 Å². The van der Waals surface area contributed by atoms with Crippen molar-refractivity contribution in [3.05, 3.63) is 59.1 Å². The number of halogens is 2. The van der Waals surface area contributed by atoms with Gasteiger partial charge in [0.25, 0.3) is 0 Å². The van der Waals surface area contributed by atoms with Gasteiger partial charge in [-0.1, -0.05) is 29.8 Å². The second-order valence-corrected chi connectivity index (χ2v) is 6.99. The number of aromatic nitrogens is 1. The van der Waals surface area contributed by atoms with Crippen LogP contribution >= 0.6 is 11.6 Å². The highest BCUT2D eigenvalue weighted by Crippen LogP contribution is 2.18. The van der Waals surface area contributed by atoms with E-state index in [1.807, 2.05) is 0 Å². The molecule has 0 aliphatic rings.